The van der Waals surface area contributed by atoms with Crippen LogP contribution in [-0.2, 0) is 38.1 Å². The van der Waals surface area contributed by atoms with E-state index in [1.54, 1.807) is 0 Å². The summed E-state index contributed by atoms with van der Waals surface area (Å²) in [6, 6.07) is 0. The van der Waals surface area contributed by atoms with Crippen LogP contribution >= 0.6 is 0 Å². The number of carbonyl (C=O) groups is 4. The van der Waals surface area contributed by atoms with Crippen molar-refractivity contribution in [1.82, 2.24) is 0 Å². The molecule has 0 spiro atoms. The quantitative estimate of drug-likeness (QED) is 0.205. The first-order chi connectivity index (χ1) is 13.8. The second-order valence-electron chi connectivity index (χ2n) is 7.92. The summed E-state index contributed by atoms with van der Waals surface area (Å²) in [6.07, 6.45) is 2.24. The molecule has 0 bridgehead atoms. The molecule has 2 aliphatic rings. The van der Waals surface area contributed by atoms with E-state index >= 15 is 0 Å². The molecule has 2 fully saturated rings. The summed E-state index contributed by atoms with van der Waals surface area (Å²) in [5.74, 6) is -7.27. The summed E-state index contributed by atoms with van der Waals surface area (Å²) in [5, 5.41) is 20.1. The Morgan fingerprint density at radius 3 is 1.13 bits per heavy atom. The van der Waals surface area contributed by atoms with Crippen molar-refractivity contribution in [3.8, 4) is 0 Å². The number of aliphatic hydroxyl groups is 2. The zero-order chi connectivity index (χ0) is 22.7. The van der Waals surface area contributed by atoms with Gasteiger partial charge in [0.25, 0.3) is 11.6 Å². The van der Waals surface area contributed by atoms with Gasteiger partial charge in [-0.2, -0.15) is 0 Å². The van der Waals surface area contributed by atoms with Gasteiger partial charge < -0.3 is 29.2 Å². The minimum absolute atomic E-state index is 0.0702. The number of rotatable bonds is 7. The van der Waals surface area contributed by atoms with Crippen LogP contribution in [0.4, 0.5) is 0 Å². The molecule has 2 heterocycles. The van der Waals surface area contributed by atoms with Gasteiger partial charge in [0.15, 0.2) is 11.1 Å². The van der Waals surface area contributed by atoms with Gasteiger partial charge in [-0.25, -0.2) is 19.2 Å². The van der Waals surface area contributed by atoms with Crippen molar-refractivity contribution in [3.63, 3.8) is 0 Å². The Bertz CT molecular complexity index is 703. The van der Waals surface area contributed by atoms with Crippen LogP contribution in [0.1, 0.15) is 66.2 Å². The lowest BCUT2D eigenvalue weighted by Crippen LogP contribution is -2.42. The monoisotopic (exact) mass is 426 g/mol. The zero-order valence-corrected chi connectivity index (χ0v) is 17.4. The van der Waals surface area contributed by atoms with E-state index in [1.165, 1.54) is 27.7 Å². The van der Waals surface area contributed by atoms with Gasteiger partial charge in [0.05, 0.1) is 0 Å². The third-order valence-corrected chi connectivity index (χ3v) is 4.32. The van der Waals surface area contributed by atoms with Crippen LogP contribution in [0.15, 0.2) is 22.7 Å². The first kappa shape index (κ1) is 23.2. The predicted molar refractivity (Wildman–Crippen MR) is 99.5 cm³/mol. The highest BCUT2D eigenvalue weighted by Crippen LogP contribution is 2.27. The summed E-state index contributed by atoms with van der Waals surface area (Å²) in [7, 11) is 0. The number of hydrogen-bond acceptors (Lipinski definition) is 10. The molecule has 0 amide bonds. The third kappa shape index (κ3) is 5.74. The van der Waals surface area contributed by atoms with Gasteiger partial charge >= 0.3 is 23.9 Å². The lowest BCUT2D eigenvalue weighted by molar-refractivity contribution is -0.224. The summed E-state index contributed by atoms with van der Waals surface area (Å²) >= 11 is 0. The van der Waals surface area contributed by atoms with Gasteiger partial charge in [-0.15, -0.1) is 0 Å². The van der Waals surface area contributed by atoms with Crippen LogP contribution < -0.4 is 0 Å². The van der Waals surface area contributed by atoms with E-state index in [2.05, 4.69) is 0 Å². The molecule has 0 aliphatic carbocycles. The number of unbranched alkanes of at least 4 members (excludes halogenated alkanes) is 3. The average molecular weight is 426 g/mol. The highest BCUT2D eigenvalue weighted by Gasteiger charge is 2.42. The van der Waals surface area contributed by atoms with Crippen LogP contribution in [0.25, 0.3) is 0 Å². The molecular formula is C20H26O10. The van der Waals surface area contributed by atoms with E-state index in [-0.39, 0.29) is 12.8 Å². The van der Waals surface area contributed by atoms with Crippen molar-refractivity contribution in [1.29, 1.82) is 0 Å². The number of ether oxygens (including phenoxy) is 4. The van der Waals surface area contributed by atoms with Gasteiger partial charge in [0.1, 0.15) is 11.5 Å². The van der Waals surface area contributed by atoms with Gasteiger partial charge in [0, 0.05) is 40.5 Å². The smallest absolute Gasteiger partial charge is 0.352 e. The van der Waals surface area contributed by atoms with E-state index in [0.29, 0.717) is 25.7 Å². The topological polar surface area (TPSA) is 146 Å². The van der Waals surface area contributed by atoms with Crippen molar-refractivity contribution < 1.29 is 48.3 Å². The number of allylic oxidation sites excluding steroid dienone is 2. The van der Waals surface area contributed by atoms with Crippen molar-refractivity contribution in [3.05, 3.63) is 22.7 Å². The Kier molecular flexibility index (Phi) is 6.79. The molecule has 166 valence electrons. The number of hydrogen-bond donors (Lipinski definition) is 2. The van der Waals surface area contributed by atoms with E-state index in [4.69, 9.17) is 18.9 Å². The van der Waals surface area contributed by atoms with Gasteiger partial charge in [-0.3, -0.25) is 0 Å². The first-order valence-corrected chi connectivity index (χ1v) is 9.60. The van der Waals surface area contributed by atoms with E-state index in [0.717, 1.165) is 0 Å². The van der Waals surface area contributed by atoms with Gasteiger partial charge in [-0.1, -0.05) is 12.8 Å². The second kappa shape index (κ2) is 8.76. The van der Waals surface area contributed by atoms with Crippen molar-refractivity contribution in [2.45, 2.75) is 77.8 Å². The highest BCUT2D eigenvalue weighted by atomic mass is 16.7. The Morgan fingerprint density at radius 1 is 0.600 bits per heavy atom. The molecule has 10 heteroatoms. The molecule has 0 aromatic heterocycles. The average Bonchev–Trinajstić information content (AvgIpc) is 2.54. The Labute approximate surface area is 173 Å². The molecule has 0 unspecified atom stereocenters. The number of carbonyl (C=O) groups excluding carboxylic acids is 4. The van der Waals surface area contributed by atoms with Crippen molar-refractivity contribution >= 4 is 23.9 Å². The molecule has 0 aromatic carbocycles. The maximum Gasteiger partial charge on any atom is 0.352 e. The standard InChI is InChI=1S/C20H26O10/c1-19(2)27-15(23)13(16(24)28-19)11(21)9-7-5-6-8-10-12(22)14-17(25)29-20(3,4)30-18(14)26/h21-22H,5-10H2,1-4H3. The molecule has 0 saturated carbocycles. The minimum Gasteiger partial charge on any atom is -0.511 e. The maximum absolute atomic E-state index is 11.9. The molecule has 2 saturated heterocycles. The largest absolute Gasteiger partial charge is 0.511 e. The molecule has 2 aliphatic heterocycles. The Morgan fingerprint density at radius 2 is 0.867 bits per heavy atom. The molecule has 10 nitrogen and oxygen atoms in total. The number of aliphatic hydroxyl groups excluding tert-OH is 2. The molecular weight excluding hydrogens is 400 g/mol. The fourth-order valence-electron chi connectivity index (χ4n) is 2.97. The Balaban J connectivity index is 1.79. The third-order valence-electron chi connectivity index (χ3n) is 4.32. The van der Waals surface area contributed by atoms with Crippen LogP contribution in [0.5, 0.6) is 0 Å². The molecule has 0 aromatic rings. The van der Waals surface area contributed by atoms with Crippen molar-refractivity contribution in [2.24, 2.45) is 0 Å². The lowest BCUT2D eigenvalue weighted by atomic mass is 10.0. The SMILES string of the molecule is CC1(C)OC(=O)C(=C(O)CCCCCCC(O)=C2C(=O)OC(C)(C)OC2=O)C(=O)O1. The van der Waals surface area contributed by atoms with Crippen LogP contribution in [0.3, 0.4) is 0 Å². The van der Waals surface area contributed by atoms with Crippen molar-refractivity contribution in [2.75, 3.05) is 0 Å². The fraction of sp³-hybridized carbons (Fsp3) is 0.600. The van der Waals surface area contributed by atoms with E-state index < -0.39 is 58.1 Å². The highest BCUT2D eigenvalue weighted by molar-refractivity contribution is 6.16. The Hall–Kier alpha value is -3.04. The van der Waals surface area contributed by atoms with Gasteiger partial charge in [0.2, 0.25) is 0 Å². The summed E-state index contributed by atoms with van der Waals surface area (Å²) < 4.78 is 19.7. The molecule has 2 N–H and O–H groups in total. The number of esters is 4. The van der Waals surface area contributed by atoms with Crippen LogP contribution in [0, 0.1) is 0 Å². The molecule has 2 rings (SSSR count). The molecule has 0 atom stereocenters. The fourth-order valence-corrected chi connectivity index (χ4v) is 2.97. The summed E-state index contributed by atoms with van der Waals surface area (Å²) in [4.78, 5) is 47.5. The van der Waals surface area contributed by atoms with Crippen LogP contribution in [-0.4, -0.2) is 45.7 Å². The van der Waals surface area contributed by atoms with Gasteiger partial charge in [-0.05, 0) is 12.8 Å². The predicted octanol–water partition coefficient (Wildman–Crippen LogP) is 2.62. The lowest BCUT2D eigenvalue weighted by Gasteiger charge is -2.30. The molecule has 30 heavy (non-hydrogen) atoms. The summed E-state index contributed by atoms with van der Waals surface area (Å²) in [5.41, 5.74) is -1.01. The van der Waals surface area contributed by atoms with Crippen LogP contribution in [0.2, 0.25) is 0 Å². The minimum atomic E-state index is -1.37. The summed E-state index contributed by atoms with van der Waals surface area (Å²) in [6.45, 7) is 5.65. The second-order valence-corrected chi connectivity index (χ2v) is 7.92. The maximum atomic E-state index is 11.9. The van der Waals surface area contributed by atoms with E-state index in [1.807, 2.05) is 0 Å². The number of cyclic esters (lactones) is 4. The molecule has 0 radical (unpaired) electrons. The normalized spacial score (nSPS) is 20.1. The van der Waals surface area contributed by atoms with E-state index in [9.17, 15) is 29.4 Å². The zero-order valence-electron chi connectivity index (χ0n) is 17.4. The first-order valence-electron chi connectivity index (χ1n) is 9.60.